The number of aromatic nitrogens is 2. The summed E-state index contributed by atoms with van der Waals surface area (Å²) in [5.74, 6) is -0.570. The lowest BCUT2D eigenvalue weighted by Gasteiger charge is -2.13. The lowest BCUT2D eigenvalue weighted by molar-refractivity contribution is 0.430. The van der Waals surface area contributed by atoms with Crippen LogP contribution in [0.1, 0.15) is 5.56 Å². The first-order valence-corrected chi connectivity index (χ1v) is 9.26. The molecular formula is C23H18N4O3. The van der Waals surface area contributed by atoms with E-state index < -0.39 is 17.1 Å². The average molecular weight is 398 g/mol. The molecule has 4 rings (SSSR count). The van der Waals surface area contributed by atoms with Crippen LogP contribution >= 0.6 is 0 Å². The Morgan fingerprint density at radius 2 is 1.23 bits per heavy atom. The fourth-order valence-electron chi connectivity index (χ4n) is 3.01. The molecule has 0 aliphatic rings. The van der Waals surface area contributed by atoms with Crippen LogP contribution in [-0.2, 0) is 0 Å². The minimum absolute atomic E-state index is 0.331. The summed E-state index contributed by atoms with van der Waals surface area (Å²) in [6.45, 7) is 1.95. The number of benzene rings is 3. The first kappa shape index (κ1) is 19.1. The number of hydrogen-bond acceptors (Lipinski definition) is 5. The van der Waals surface area contributed by atoms with E-state index >= 15 is 0 Å². The molecule has 148 valence electrons. The van der Waals surface area contributed by atoms with Gasteiger partial charge in [0.2, 0.25) is 11.6 Å². The van der Waals surface area contributed by atoms with Crippen LogP contribution < -0.4 is 11.2 Å². The third-order valence-electron chi connectivity index (χ3n) is 4.54. The monoisotopic (exact) mass is 398 g/mol. The van der Waals surface area contributed by atoms with Crippen molar-refractivity contribution in [1.82, 2.24) is 9.13 Å². The molecule has 0 aliphatic heterocycles. The summed E-state index contributed by atoms with van der Waals surface area (Å²) >= 11 is 0. The fourth-order valence-corrected chi connectivity index (χ4v) is 3.01. The number of nitrogens with zero attached hydrogens (tertiary/aromatic N) is 4. The van der Waals surface area contributed by atoms with Gasteiger partial charge in [-0.1, -0.05) is 54.1 Å². The number of aryl methyl sites for hydroxylation is 1. The summed E-state index contributed by atoms with van der Waals surface area (Å²) in [7, 11) is 0. The molecule has 30 heavy (non-hydrogen) atoms. The highest BCUT2D eigenvalue weighted by molar-refractivity contribution is 5.51. The Labute approximate surface area is 171 Å². The molecule has 0 spiro atoms. The van der Waals surface area contributed by atoms with Crippen LogP contribution in [0.4, 0.5) is 11.4 Å². The van der Waals surface area contributed by atoms with E-state index in [0.717, 1.165) is 14.7 Å². The van der Waals surface area contributed by atoms with Gasteiger partial charge < -0.3 is 5.11 Å². The summed E-state index contributed by atoms with van der Waals surface area (Å²) in [5, 5.41) is 18.9. The van der Waals surface area contributed by atoms with Crippen molar-refractivity contribution in [2.24, 2.45) is 10.2 Å². The Hall–Kier alpha value is -4.26. The molecule has 0 fully saturated rings. The second kappa shape index (κ2) is 8.00. The first-order chi connectivity index (χ1) is 14.6. The van der Waals surface area contributed by atoms with Crippen LogP contribution in [0.2, 0.25) is 0 Å². The minimum Gasteiger partial charge on any atom is -0.492 e. The molecule has 1 aromatic heterocycles. The molecule has 1 heterocycles. The van der Waals surface area contributed by atoms with Crippen LogP contribution in [0.15, 0.2) is 105 Å². The number of rotatable bonds is 4. The Morgan fingerprint density at radius 3 is 1.80 bits per heavy atom. The maximum Gasteiger partial charge on any atom is 0.343 e. The highest BCUT2D eigenvalue weighted by Gasteiger charge is 2.21. The molecule has 0 amide bonds. The summed E-state index contributed by atoms with van der Waals surface area (Å²) < 4.78 is 2.01. The largest absolute Gasteiger partial charge is 0.492 e. The first-order valence-electron chi connectivity index (χ1n) is 9.26. The van der Waals surface area contributed by atoms with E-state index in [2.05, 4.69) is 10.2 Å². The van der Waals surface area contributed by atoms with Gasteiger partial charge >= 0.3 is 5.69 Å². The molecule has 4 aromatic rings. The maximum atomic E-state index is 13.2. The number of aromatic hydroxyl groups is 1. The van der Waals surface area contributed by atoms with Gasteiger partial charge in [-0.15, -0.1) is 5.11 Å². The summed E-state index contributed by atoms with van der Waals surface area (Å²) in [6.07, 6.45) is 0. The zero-order valence-electron chi connectivity index (χ0n) is 16.1. The highest BCUT2D eigenvalue weighted by atomic mass is 16.3. The lowest BCUT2D eigenvalue weighted by atomic mass is 10.2. The van der Waals surface area contributed by atoms with Gasteiger partial charge in [-0.05, 0) is 43.3 Å². The zero-order chi connectivity index (χ0) is 21.1. The third kappa shape index (κ3) is 3.56. The molecule has 0 bridgehead atoms. The van der Waals surface area contributed by atoms with Crippen molar-refractivity contribution < 1.29 is 5.11 Å². The Bertz CT molecular complexity index is 1320. The van der Waals surface area contributed by atoms with Gasteiger partial charge in [0.25, 0.3) is 5.56 Å². The molecule has 7 nitrogen and oxygen atoms in total. The molecule has 3 aromatic carbocycles. The molecule has 0 unspecified atom stereocenters. The number of hydrogen-bond donors (Lipinski definition) is 1. The standard InChI is InChI=1S/C23H18N4O3/c1-16-12-14-17(15-13-16)24-25-20-21(28)26(18-8-4-2-5-9-18)23(30)27(22(20)29)19-10-6-3-7-11-19/h2-15,28H,1H3. The van der Waals surface area contributed by atoms with E-state index in [1.165, 1.54) is 0 Å². The molecule has 7 heteroatoms. The quantitative estimate of drug-likeness (QED) is 0.516. The predicted octanol–water partition coefficient (Wildman–Crippen LogP) is 4.42. The molecule has 0 saturated carbocycles. The Balaban J connectivity index is 1.99. The number of azo groups is 1. The summed E-state index contributed by atoms with van der Waals surface area (Å²) in [6, 6.07) is 24.3. The second-order valence-corrected chi connectivity index (χ2v) is 6.64. The van der Waals surface area contributed by atoms with Crippen molar-refractivity contribution in [3.8, 4) is 17.3 Å². The van der Waals surface area contributed by atoms with Crippen molar-refractivity contribution >= 4 is 11.4 Å². The lowest BCUT2D eigenvalue weighted by Crippen LogP contribution is -2.37. The Kier molecular flexibility index (Phi) is 5.09. The fraction of sp³-hybridized carbons (Fsp3) is 0.0435. The maximum absolute atomic E-state index is 13.2. The molecule has 1 N–H and O–H groups in total. The van der Waals surface area contributed by atoms with Crippen LogP contribution in [-0.4, -0.2) is 14.2 Å². The van der Waals surface area contributed by atoms with Crippen LogP contribution in [0, 0.1) is 6.92 Å². The van der Waals surface area contributed by atoms with Crippen molar-refractivity contribution in [3.63, 3.8) is 0 Å². The minimum atomic E-state index is -0.758. The normalized spacial score (nSPS) is 11.1. The average Bonchev–Trinajstić information content (AvgIpc) is 2.76. The van der Waals surface area contributed by atoms with Crippen LogP contribution in [0.5, 0.6) is 5.88 Å². The van der Waals surface area contributed by atoms with E-state index in [-0.39, 0.29) is 5.69 Å². The highest BCUT2D eigenvalue weighted by Crippen LogP contribution is 2.26. The molecular weight excluding hydrogens is 380 g/mol. The van der Waals surface area contributed by atoms with E-state index in [0.29, 0.717) is 17.1 Å². The van der Waals surface area contributed by atoms with Crippen molar-refractivity contribution in [3.05, 3.63) is 111 Å². The topological polar surface area (TPSA) is 88.9 Å². The SMILES string of the molecule is Cc1ccc(N=Nc2c(O)n(-c3ccccc3)c(=O)n(-c3ccccc3)c2=O)cc1. The molecule has 0 atom stereocenters. The van der Waals surface area contributed by atoms with Gasteiger partial charge in [-0.3, -0.25) is 4.79 Å². The third-order valence-corrected chi connectivity index (χ3v) is 4.54. The zero-order valence-corrected chi connectivity index (χ0v) is 16.1. The molecule has 0 aliphatic carbocycles. The summed E-state index contributed by atoms with van der Waals surface area (Å²) in [4.78, 5) is 26.3. The van der Waals surface area contributed by atoms with Crippen molar-refractivity contribution in [1.29, 1.82) is 0 Å². The molecule has 0 saturated heterocycles. The Morgan fingerprint density at radius 1 is 0.700 bits per heavy atom. The van der Waals surface area contributed by atoms with Crippen molar-refractivity contribution in [2.75, 3.05) is 0 Å². The van der Waals surface area contributed by atoms with Gasteiger partial charge in [-0.25, -0.2) is 13.9 Å². The summed E-state index contributed by atoms with van der Waals surface area (Å²) in [5.41, 5.74) is 0.545. The van der Waals surface area contributed by atoms with Gasteiger partial charge in [0.05, 0.1) is 17.1 Å². The smallest absolute Gasteiger partial charge is 0.343 e. The van der Waals surface area contributed by atoms with Gasteiger partial charge in [0.15, 0.2) is 0 Å². The van der Waals surface area contributed by atoms with Gasteiger partial charge in [0, 0.05) is 0 Å². The van der Waals surface area contributed by atoms with E-state index in [1.54, 1.807) is 72.8 Å². The van der Waals surface area contributed by atoms with E-state index in [4.69, 9.17) is 0 Å². The predicted molar refractivity (Wildman–Crippen MR) is 115 cm³/mol. The molecule has 0 radical (unpaired) electrons. The van der Waals surface area contributed by atoms with Gasteiger partial charge in [0.1, 0.15) is 0 Å². The second-order valence-electron chi connectivity index (χ2n) is 6.64. The van der Waals surface area contributed by atoms with Crippen LogP contribution in [0.3, 0.4) is 0 Å². The van der Waals surface area contributed by atoms with Gasteiger partial charge in [-0.2, -0.15) is 5.11 Å². The van der Waals surface area contributed by atoms with E-state index in [1.807, 2.05) is 19.1 Å². The number of para-hydroxylation sites is 2. The van der Waals surface area contributed by atoms with Crippen LogP contribution in [0.25, 0.3) is 11.4 Å². The van der Waals surface area contributed by atoms with E-state index in [9.17, 15) is 14.7 Å². The van der Waals surface area contributed by atoms with Crippen molar-refractivity contribution in [2.45, 2.75) is 6.92 Å².